The van der Waals surface area contributed by atoms with Gasteiger partial charge in [-0.25, -0.2) is 4.98 Å². The first kappa shape index (κ1) is 11.2. The second-order valence-corrected chi connectivity index (χ2v) is 5.52. The van der Waals surface area contributed by atoms with Crippen molar-refractivity contribution in [1.82, 2.24) is 14.9 Å². The summed E-state index contributed by atoms with van der Waals surface area (Å²) < 4.78 is 2.12. The average molecular weight is 235 g/mol. The van der Waals surface area contributed by atoms with Gasteiger partial charge >= 0.3 is 0 Å². The minimum atomic E-state index is -0.713. The number of aryl methyl sites for hydroxylation is 1. The highest BCUT2D eigenvalue weighted by molar-refractivity contribution is 5.12. The van der Waals surface area contributed by atoms with E-state index >= 15 is 0 Å². The number of fused-ring (bicyclic) bond motifs is 2. The molecule has 0 amide bonds. The van der Waals surface area contributed by atoms with Crippen LogP contribution in [0.25, 0.3) is 0 Å². The van der Waals surface area contributed by atoms with Crippen LogP contribution in [0.1, 0.15) is 44.9 Å². The van der Waals surface area contributed by atoms with Gasteiger partial charge in [0.1, 0.15) is 11.4 Å². The molecule has 0 spiro atoms. The number of hydrogen-bond donors (Lipinski definition) is 2. The topological polar surface area (TPSA) is 50.1 Å². The van der Waals surface area contributed by atoms with Crippen LogP contribution in [0.3, 0.4) is 0 Å². The monoisotopic (exact) mass is 235 g/mol. The highest BCUT2D eigenvalue weighted by Gasteiger charge is 2.45. The molecule has 1 aromatic rings. The van der Waals surface area contributed by atoms with Gasteiger partial charge in [0.25, 0.3) is 0 Å². The second kappa shape index (κ2) is 4.10. The molecule has 0 radical (unpaired) electrons. The van der Waals surface area contributed by atoms with Crippen molar-refractivity contribution in [2.24, 2.45) is 0 Å². The molecular weight excluding hydrogens is 214 g/mol. The molecule has 2 unspecified atom stereocenters. The first-order valence-electron chi connectivity index (χ1n) is 6.71. The zero-order chi connectivity index (χ0) is 11.9. The summed E-state index contributed by atoms with van der Waals surface area (Å²) in [5.41, 5.74) is -0.713. The first-order chi connectivity index (χ1) is 8.21. The number of aliphatic hydroxyl groups is 1. The fourth-order valence-corrected chi connectivity index (χ4v) is 3.44. The molecule has 1 aromatic heterocycles. The Morgan fingerprint density at radius 1 is 1.47 bits per heavy atom. The third-order valence-electron chi connectivity index (χ3n) is 4.10. The van der Waals surface area contributed by atoms with Crippen molar-refractivity contribution >= 4 is 0 Å². The summed E-state index contributed by atoms with van der Waals surface area (Å²) in [6.45, 7) is 3.10. The van der Waals surface area contributed by atoms with E-state index in [1.807, 2.05) is 12.4 Å². The van der Waals surface area contributed by atoms with Gasteiger partial charge in [0.05, 0.1) is 0 Å². The minimum Gasteiger partial charge on any atom is -0.382 e. The van der Waals surface area contributed by atoms with Crippen LogP contribution in [0, 0.1) is 0 Å². The van der Waals surface area contributed by atoms with Gasteiger partial charge in [-0.05, 0) is 32.1 Å². The SMILES string of the molecule is CCCn1ccnc1C1(O)CC2CCC(C1)N2. The van der Waals surface area contributed by atoms with Crippen molar-refractivity contribution in [2.45, 2.75) is 63.3 Å². The predicted molar refractivity (Wildman–Crippen MR) is 65.6 cm³/mol. The van der Waals surface area contributed by atoms with Gasteiger partial charge in [-0.2, -0.15) is 0 Å². The van der Waals surface area contributed by atoms with Gasteiger partial charge in [0.2, 0.25) is 0 Å². The minimum absolute atomic E-state index is 0.477. The van der Waals surface area contributed by atoms with Crippen molar-refractivity contribution in [3.63, 3.8) is 0 Å². The van der Waals surface area contributed by atoms with Gasteiger partial charge in [-0.15, -0.1) is 0 Å². The predicted octanol–water partition coefficient (Wildman–Crippen LogP) is 1.40. The van der Waals surface area contributed by atoms with E-state index in [1.54, 1.807) is 0 Å². The smallest absolute Gasteiger partial charge is 0.140 e. The third kappa shape index (κ3) is 1.89. The van der Waals surface area contributed by atoms with Gasteiger partial charge in [-0.1, -0.05) is 6.92 Å². The molecule has 94 valence electrons. The fraction of sp³-hybridized carbons (Fsp3) is 0.769. The molecular formula is C13H21N3O. The lowest BCUT2D eigenvalue weighted by molar-refractivity contribution is -0.0222. The van der Waals surface area contributed by atoms with Crippen molar-refractivity contribution < 1.29 is 5.11 Å². The highest BCUT2D eigenvalue weighted by Crippen LogP contribution is 2.39. The summed E-state index contributed by atoms with van der Waals surface area (Å²) >= 11 is 0. The Morgan fingerprint density at radius 2 is 2.18 bits per heavy atom. The molecule has 3 rings (SSSR count). The highest BCUT2D eigenvalue weighted by atomic mass is 16.3. The molecule has 2 N–H and O–H groups in total. The average Bonchev–Trinajstić information content (AvgIpc) is 2.87. The van der Waals surface area contributed by atoms with Crippen LogP contribution < -0.4 is 5.32 Å². The van der Waals surface area contributed by atoms with E-state index in [-0.39, 0.29) is 0 Å². The molecule has 2 atom stereocenters. The van der Waals surface area contributed by atoms with E-state index in [0.29, 0.717) is 12.1 Å². The van der Waals surface area contributed by atoms with E-state index in [1.165, 1.54) is 12.8 Å². The van der Waals surface area contributed by atoms with Crippen molar-refractivity contribution in [3.8, 4) is 0 Å². The molecule has 2 aliphatic heterocycles. The van der Waals surface area contributed by atoms with Crippen LogP contribution in [0.2, 0.25) is 0 Å². The summed E-state index contributed by atoms with van der Waals surface area (Å²) in [5, 5.41) is 14.5. The lowest BCUT2D eigenvalue weighted by Gasteiger charge is -2.36. The maximum Gasteiger partial charge on any atom is 0.140 e. The summed E-state index contributed by atoms with van der Waals surface area (Å²) in [6, 6.07) is 0.955. The van der Waals surface area contributed by atoms with Crippen LogP contribution >= 0.6 is 0 Å². The van der Waals surface area contributed by atoms with E-state index in [2.05, 4.69) is 21.8 Å². The summed E-state index contributed by atoms with van der Waals surface area (Å²) in [6.07, 6.45) is 8.88. The molecule has 0 aromatic carbocycles. The Labute approximate surface area is 102 Å². The molecule has 0 aliphatic carbocycles. The zero-order valence-corrected chi connectivity index (χ0v) is 10.4. The van der Waals surface area contributed by atoms with Crippen molar-refractivity contribution in [3.05, 3.63) is 18.2 Å². The summed E-state index contributed by atoms with van der Waals surface area (Å²) in [5.74, 6) is 0.873. The number of nitrogens with one attached hydrogen (secondary N) is 1. The standard InChI is InChI=1S/C13H21N3O/c1-2-6-16-7-5-14-12(16)13(17)8-10-3-4-11(9-13)15-10/h5,7,10-11,15,17H,2-4,6,8-9H2,1H3. The molecule has 4 heteroatoms. The third-order valence-corrected chi connectivity index (χ3v) is 4.10. The second-order valence-electron chi connectivity index (χ2n) is 5.52. The normalized spacial score (nSPS) is 36.4. The maximum atomic E-state index is 10.9. The first-order valence-corrected chi connectivity index (χ1v) is 6.71. The van der Waals surface area contributed by atoms with Crippen LogP contribution in [0.15, 0.2) is 12.4 Å². The maximum absolute atomic E-state index is 10.9. The Kier molecular flexibility index (Phi) is 2.71. The lowest BCUT2D eigenvalue weighted by Crippen LogP contribution is -2.47. The Morgan fingerprint density at radius 3 is 2.82 bits per heavy atom. The molecule has 2 saturated heterocycles. The number of hydrogen-bond acceptors (Lipinski definition) is 3. The van der Waals surface area contributed by atoms with Crippen molar-refractivity contribution in [1.29, 1.82) is 0 Å². The van der Waals surface area contributed by atoms with Gasteiger partial charge in [-0.3, -0.25) is 0 Å². The Balaban J connectivity index is 1.89. The quantitative estimate of drug-likeness (QED) is 0.832. The fourth-order valence-electron chi connectivity index (χ4n) is 3.44. The number of piperidine rings is 1. The molecule has 2 fully saturated rings. The molecule has 2 aliphatic rings. The van der Waals surface area contributed by atoms with Crippen LogP contribution in [0.4, 0.5) is 0 Å². The van der Waals surface area contributed by atoms with E-state index in [9.17, 15) is 5.11 Å². The van der Waals surface area contributed by atoms with Gasteiger partial charge < -0.3 is 15.0 Å². The molecule has 4 nitrogen and oxygen atoms in total. The van der Waals surface area contributed by atoms with Gasteiger partial charge in [0, 0.05) is 31.0 Å². The summed E-state index contributed by atoms with van der Waals surface area (Å²) in [4.78, 5) is 4.41. The van der Waals surface area contributed by atoms with E-state index in [4.69, 9.17) is 0 Å². The number of nitrogens with zero attached hydrogens (tertiary/aromatic N) is 2. The van der Waals surface area contributed by atoms with Crippen molar-refractivity contribution in [2.75, 3.05) is 0 Å². The molecule has 2 bridgehead atoms. The number of rotatable bonds is 3. The van der Waals surface area contributed by atoms with E-state index < -0.39 is 5.60 Å². The van der Waals surface area contributed by atoms with Crippen LogP contribution in [-0.2, 0) is 12.1 Å². The zero-order valence-electron chi connectivity index (χ0n) is 10.4. The molecule has 3 heterocycles. The van der Waals surface area contributed by atoms with Gasteiger partial charge in [0.15, 0.2) is 0 Å². The largest absolute Gasteiger partial charge is 0.382 e. The van der Waals surface area contributed by atoms with Crippen LogP contribution in [-0.4, -0.2) is 26.7 Å². The Bertz CT molecular complexity index is 389. The Hall–Kier alpha value is -0.870. The number of aromatic nitrogens is 2. The number of imidazole rings is 1. The molecule has 0 saturated carbocycles. The van der Waals surface area contributed by atoms with E-state index in [0.717, 1.165) is 31.6 Å². The lowest BCUT2D eigenvalue weighted by atomic mass is 9.86. The van der Waals surface area contributed by atoms with Crippen LogP contribution in [0.5, 0.6) is 0 Å². The molecule has 17 heavy (non-hydrogen) atoms. The summed E-state index contributed by atoms with van der Waals surface area (Å²) in [7, 11) is 0.